The summed E-state index contributed by atoms with van der Waals surface area (Å²) in [6, 6.07) is 4.24. The molecule has 1 saturated heterocycles. The number of hydrogen-bond acceptors (Lipinski definition) is 1. The Labute approximate surface area is 101 Å². The Morgan fingerprint density at radius 1 is 1.50 bits per heavy atom. The van der Waals surface area contributed by atoms with Crippen LogP contribution in [0.1, 0.15) is 30.9 Å². The third-order valence-corrected chi connectivity index (χ3v) is 3.46. The molecule has 1 fully saturated rings. The summed E-state index contributed by atoms with van der Waals surface area (Å²) in [7, 11) is 0. The summed E-state index contributed by atoms with van der Waals surface area (Å²) in [5.41, 5.74) is 1.86. The molecule has 0 amide bonds. The predicted molar refractivity (Wildman–Crippen MR) is 65.5 cm³/mol. The average molecular weight is 242 g/mol. The second-order valence-corrected chi connectivity index (χ2v) is 4.81. The zero-order chi connectivity index (χ0) is 11.5. The molecule has 1 aromatic rings. The molecule has 1 N–H and O–H groups in total. The molecule has 0 radical (unpaired) electrons. The summed E-state index contributed by atoms with van der Waals surface area (Å²) >= 11 is 5.89. The van der Waals surface area contributed by atoms with Crippen molar-refractivity contribution in [1.29, 1.82) is 0 Å². The maximum Gasteiger partial charge on any atom is 0.144 e. The summed E-state index contributed by atoms with van der Waals surface area (Å²) in [6.07, 6.45) is 4.08. The molecule has 16 heavy (non-hydrogen) atoms. The number of nitrogens with one attached hydrogen (secondary N) is 1. The summed E-state index contributed by atoms with van der Waals surface area (Å²) in [5.74, 6) is -0.257. The molecule has 1 nitrogen and oxygen atoms in total. The second-order valence-electron chi connectivity index (χ2n) is 4.40. The fraction of sp³-hybridized carbons (Fsp3) is 0.538. The molecule has 0 spiro atoms. The van der Waals surface area contributed by atoms with Crippen LogP contribution in [0, 0.1) is 5.82 Å². The Morgan fingerprint density at radius 2 is 2.31 bits per heavy atom. The van der Waals surface area contributed by atoms with E-state index in [0.29, 0.717) is 12.5 Å². The highest BCUT2D eigenvalue weighted by Gasteiger charge is 2.16. The van der Waals surface area contributed by atoms with Gasteiger partial charge in [0.15, 0.2) is 0 Å². The predicted octanol–water partition coefficient (Wildman–Crippen LogP) is 3.34. The lowest BCUT2D eigenvalue weighted by Gasteiger charge is -2.12. The van der Waals surface area contributed by atoms with Crippen LogP contribution in [0.2, 0.25) is 5.02 Å². The van der Waals surface area contributed by atoms with Crippen molar-refractivity contribution in [2.24, 2.45) is 0 Å². The van der Waals surface area contributed by atoms with Gasteiger partial charge in [-0.15, -0.1) is 0 Å². The first-order chi connectivity index (χ1) is 7.70. The van der Waals surface area contributed by atoms with Crippen LogP contribution in [-0.4, -0.2) is 12.6 Å². The van der Waals surface area contributed by atoms with E-state index in [9.17, 15) is 4.39 Å². The van der Waals surface area contributed by atoms with Gasteiger partial charge in [0, 0.05) is 6.04 Å². The molecule has 1 aromatic carbocycles. The van der Waals surface area contributed by atoms with E-state index in [4.69, 9.17) is 11.6 Å². The molecular weight excluding hydrogens is 225 g/mol. The lowest BCUT2D eigenvalue weighted by molar-refractivity contribution is 0.593. The summed E-state index contributed by atoms with van der Waals surface area (Å²) in [5, 5.41) is 3.70. The summed E-state index contributed by atoms with van der Waals surface area (Å²) in [6.45, 7) is 3.05. The van der Waals surface area contributed by atoms with Crippen LogP contribution in [0.4, 0.5) is 4.39 Å². The minimum Gasteiger partial charge on any atom is -0.314 e. The van der Waals surface area contributed by atoms with E-state index in [1.54, 1.807) is 6.07 Å². The molecule has 1 aliphatic rings. The van der Waals surface area contributed by atoms with Gasteiger partial charge in [0.05, 0.1) is 5.02 Å². The van der Waals surface area contributed by atoms with Crippen molar-refractivity contribution in [1.82, 2.24) is 5.32 Å². The molecule has 88 valence electrons. The minimum absolute atomic E-state index is 0.257. The number of hydrogen-bond donors (Lipinski definition) is 1. The maximum atomic E-state index is 13.5. The Morgan fingerprint density at radius 3 is 2.94 bits per heavy atom. The van der Waals surface area contributed by atoms with E-state index >= 15 is 0 Å². The van der Waals surface area contributed by atoms with E-state index in [-0.39, 0.29) is 10.8 Å². The van der Waals surface area contributed by atoms with E-state index in [2.05, 4.69) is 5.32 Å². The fourth-order valence-electron chi connectivity index (χ4n) is 2.30. The number of benzene rings is 1. The topological polar surface area (TPSA) is 12.0 Å². The van der Waals surface area contributed by atoms with Gasteiger partial charge in [-0.25, -0.2) is 4.39 Å². The van der Waals surface area contributed by atoms with E-state index in [1.165, 1.54) is 12.8 Å². The Kier molecular flexibility index (Phi) is 3.82. The summed E-state index contributed by atoms with van der Waals surface area (Å²) in [4.78, 5) is 0. The Bertz CT molecular complexity index is 372. The lowest BCUT2D eigenvalue weighted by atomic mass is 10.0. The standard InChI is InChI=1S/C13H17ClFN/c1-2-10-6-9(8-12(14)13(10)15)7-11-4-3-5-16-11/h6,8,11,16H,2-5,7H2,1H3. The second kappa shape index (κ2) is 5.15. The molecule has 0 aromatic heterocycles. The molecule has 0 saturated carbocycles. The molecule has 2 rings (SSSR count). The van der Waals surface area contributed by atoms with Crippen LogP contribution in [0.5, 0.6) is 0 Å². The van der Waals surface area contributed by atoms with E-state index < -0.39 is 0 Å². The Balaban J connectivity index is 2.17. The fourth-order valence-corrected chi connectivity index (χ4v) is 2.56. The van der Waals surface area contributed by atoms with Gasteiger partial charge in [0.2, 0.25) is 0 Å². The highest BCUT2D eigenvalue weighted by Crippen LogP contribution is 2.23. The number of halogens is 2. The highest BCUT2D eigenvalue weighted by molar-refractivity contribution is 6.30. The quantitative estimate of drug-likeness (QED) is 0.856. The highest BCUT2D eigenvalue weighted by atomic mass is 35.5. The number of rotatable bonds is 3. The molecule has 1 heterocycles. The van der Waals surface area contributed by atoms with Crippen LogP contribution in [-0.2, 0) is 12.8 Å². The largest absolute Gasteiger partial charge is 0.314 e. The van der Waals surface area contributed by atoms with Gasteiger partial charge in [-0.2, -0.15) is 0 Å². The monoisotopic (exact) mass is 241 g/mol. The molecule has 0 aliphatic carbocycles. The van der Waals surface area contributed by atoms with Crippen molar-refractivity contribution in [3.8, 4) is 0 Å². The minimum atomic E-state index is -0.257. The van der Waals surface area contributed by atoms with Gasteiger partial charge < -0.3 is 5.32 Å². The van der Waals surface area contributed by atoms with Gasteiger partial charge in [0.25, 0.3) is 0 Å². The third-order valence-electron chi connectivity index (χ3n) is 3.19. The van der Waals surface area contributed by atoms with Gasteiger partial charge in [-0.05, 0) is 49.4 Å². The van der Waals surface area contributed by atoms with E-state index in [1.807, 2.05) is 13.0 Å². The normalized spacial score (nSPS) is 20.3. The van der Waals surface area contributed by atoms with Crippen molar-refractivity contribution in [3.63, 3.8) is 0 Å². The van der Waals surface area contributed by atoms with E-state index in [0.717, 1.165) is 24.1 Å². The van der Waals surface area contributed by atoms with Gasteiger partial charge in [-0.1, -0.05) is 24.6 Å². The number of aryl methyl sites for hydroxylation is 1. The van der Waals surface area contributed by atoms with Crippen LogP contribution in [0.15, 0.2) is 12.1 Å². The zero-order valence-electron chi connectivity index (χ0n) is 9.52. The van der Waals surface area contributed by atoms with Crippen LogP contribution in [0.25, 0.3) is 0 Å². The lowest BCUT2D eigenvalue weighted by Crippen LogP contribution is -2.23. The van der Waals surface area contributed by atoms with Crippen molar-refractivity contribution in [2.45, 2.75) is 38.6 Å². The van der Waals surface area contributed by atoms with Gasteiger partial charge in [0.1, 0.15) is 5.82 Å². The smallest absolute Gasteiger partial charge is 0.144 e. The van der Waals surface area contributed by atoms with Gasteiger partial charge >= 0.3 is 0 Å². The van der Waals surface area contributed by atoms with Crippen LogP contribution < -0.4 is 5.32 Å². The van der Waals surface area contributed by atoms with Crippen molar-refractivity contribution >= 4 is 11.6 Å². The van der Waals surface area contributed by atoms with Crippen molar-refractivity contribution < 1.29 is 4.39 Å². The molecule has 1 aliphatic heterocycles. The first-order valence-electron chi connectivity index (χ1n) is 5.91. The Hall–Kier alpha value is -0.600. The first-order valence-corrected chi connectivity index (χ1v) is 6.28. The van der Waals surface area contributed by atoms with Crippen molar-refractivity contribution in [3.05, 3.63) is 34.1 Å². The van der Waals surface area contributed by atoms with Gasteiger partial charge in [-0.3, -0.25) is 0 Å². The first kappa shape index (κ1) is 11.9. The molecule has 1 unspecified atom stereocenters. The summed E-state index contributed by atoms with van der Waals surface area (Å²) < 4.78 is 13.5. The average Bonchev–Trinajstić information content (AvgIpc) is 2.76. The van der Waals surface area contributed by atoms with Crippen LogP contribution in [0.3, 0.4) is 0 Å². The molecule has 1 atom stereocenters. The maximum absolute atomic E-state index is 13.5. The van der Waals surface area contributed by atoms with Crippen molar-refractivity contribution in [2.75, 3.05) is 6.54 Å². The molecule has 0 bridgehead atoms. The zero-order valence-corrected chi connectivity index (χ0v) is 10.3. The van der Waals surface area contributed by atoms with Crippen LogP contribution >= 0.6 is 11.6 Å². The third kappa shape index (κ3) is 2.55. The molecular formula is C13H17ClFN. The SMILES string of the molecule is CCc1cc(CC2CCCN2)cc(Cl)c1F. The molecule has 3 heteroatoms.